The zero-order chi connectivity index (χ0) is 10.2. The van der Waals surface area contributed by atoms with E-state index < -0.39 is 0 Å². The van der Waals surface area contributed by atoms with Gasteiger partial charge in [0.15, 0.2) is 0 Å². The van der Waals surface area contributed by atoms with Crippen molar-refractivity contribution in [1.82, 2.24) is 0 Å². The first-order valence-electron chi connectivity index (χ1n) is 4.59. The van der Waals surface area contributed by atoms with Gasteiger partial charge < -0.3 is 0 Å². The summed E-state index contributed by atoms with van der Waals surface area (Å²) in [6.45, 7) is 5.78. The standard InChI is InChI=1S/2C7H7.ClH.Mg/c2*1-7-5-3-2-4-6-7;;/h3-6H,1H3;2-6H,1H2;1H;/q2*-1;;+2. The van der Waals surface area contributed by atoms with Crippen molar-refractivity contribution in [3.05, 3.63) is 78.7 Å². The second-order valence-electron chi connectivity index (χ2n) is 3.06. The van der Waals surface area contributed by atoms with Gasteiger partial charge in [0.1, 0.15) is 0 Å². The molecule has 0 atom stereocenters. The average Bonchev–Trinajstić information content (AvgIpc) is 2.21. The van der Waals surface area contributed by atoms with Crippen LogP contribution in [0, 0.1) is 19.9 Å². The predicted octanol–water partition coefficient (Wildman–Crippen LogP) is 3.71. The Bertz CT molecular complexity index is 308. The molecular formula is C14H15ClMg. The Morgan fingerprint density at radius 2 is 1.44 bits per heavy atom. The third-order valence-corrected chi connectivity index (χ3v) is 1.73. The van der Waals surface area contributed by atoms with Crippen molar-refractivity contribution in [2.75, 3.05) is 0 Å². The fourth-order valence-corrected chi connectivity index (χ4v) is 0.948. The molecule has 0 aliphatic rings. The Labute approximate surface area is 121 Å². The number of aryl methyl sites for hydroxylation is 1. The molecule has 2 aromatic rings. The quantitative estimate of drug-likeness (QED) is 0.488. The summed E-state index contributed by atoms with van der Waals surface area (Å²) >= 11 is 0. The minimum Gasteiger partial charge on any atom is -0.199 e. The zero-order valence-electron chi connectivity index (χ0n) is 9.52. The molecule has 0 bridgehead atoms. The van der Waals surface area contributed by atoms with Crippen molar-refractivity contribution in [3.63, 3.8) is 0 Å². The van der Waals surface area contributed by atoms with E-state index in [0.717, 1.165) is 5.56 Å². The molecule has 0 radical (unpaired) electrons. The number of hydrogen-bond donors (Lipinski definition) is 0. The van der Waals surface area contributed by atoms with Crippen molar-refractivity contribution in [2.24, 2.45) is 0 Å². The van der Waals surface area contributed by atoms with Crippen molar-refractivity contribution >= 4 is 35.5 Å². The van der Waals surface area contributed by atoms with Gasteiger partial charge in [-0.05, 0) is 0 Å². The van der Waals surface area contributed by atoms with E-state index in [9.17, 15) is 0 Å². The molecule has 0 spiro atoms. The van der Waals surface area contributed by atoms with Crippen LogP contribution in [-0.4, -0.2) is 23.1 Å². The predicted molar refractivity (Wildman–Crippen MR) is 73.9 cm³/mol. The van der Waals surface area contributed by atoms with Crippen LogP contribution in [0.4, 0.5) is 0 Å². The Hall–Kier alpha value is -0.634. The van der Waals surface area contributed by atoms with Crippen LogP contribution in [0.3, 0.4) is 0 Å². The zero-order valence-corrected chi connectivity index (χ0v) is 11.7. The molecule has 2 rings (SSSR count). The molecule has 0 heterocycles. The van der Waals surface area contributed by atoms with Crippen LogP contribution in [0.15, 0.2) is 54.6 Å². The number of halogens is 1. The van der Waals surface area contributed by atoms with E-state index in [0.29, 0.717) is 0 Å². The molecule has 16 heavy (non-hydrogen) atoms. The summed E-state index contributed by atoms with van der Waals surface area (Å²) in [6.07, 6.45) is 0. The molecule has 80 valence electrons. The van der Waals surface area contributed by atoms with Crippen LogP contribution in [0.1, 0.15) is 11.1 Å². The first kappa shape index (κ1) is 17.8. The normalized spacial score (nSPS) is 7.56. The molecule has 0 fully saturated rings. The van der Waals surface area contributed by atoms with Gasteiger partial charge in [0, 0.05) is 0 Å². The molecule has 0 saturated heterocycles. The summed E-state index contributed by atoms with van der Waals surface area (Å²) in [7, 11) is 0. The van der Waals surface area contributed by atoms with Crippen molar-refractivity contribution < 1.29 is 0 Å². The fraction of sp³-hybridized carbons (Fsp3) is 0.0714. The minimum absolute atomic E-state index is 0. The topological polar surface area (TPSA) is 0 Å². The van der Waals surface area contributed by atoms with Gasteiger partial charge >= 0.3 is 23.1 Å². The van der Waals surface area contributed by atoms with Crippen LogP contribution in [0.5, 0.6) is 0 Å². The van der Waals surface area contributed by atoms with Crippen molar-refractivity contribution in [2.45, 2.75) is 6.92 Å². The largest absolute Gasteiger partial charge is 2.00 e. The number of rotatable bonds is 0. The Morgan fingerprint density at radius 1 is 0.938 bits per heavy atom. The molecule has 0 N–H and O–H groups in total. The maximum absolute atomic E-state index is 3.72. The summed E-state index contributed by atoms with van der Waals surface area (Å²) < 4.78 is 0. The maximum Gasteiger partial charge on any atom is 2.00 e. The molecule has 0 unspecified atom stereocenters. The fourth-order valence-electron chi connectivity index (χ4n) is 0.948. The Morgan fingerprint density at radius 3 is 1.69 bits per heavy atom. The van der Waals surface area contributed by atoms with Gasteiger partial charge in [-0.3, -0.25) is 0 Å². The third-order valence-electron chi connectivity index (χ3n) is 1.73. The molecule has 2 aromatic carbocycles. The summed E-state index contributed by atoms with van der Waals surface area (Å²) in [5.41, 5.74) is 2.36. The van der Waals surface area contributed by atoms with Crippen LogP contribution in [0.25, 0.3) is 0 Å². The Kier molecular flexibility index (Phi) is 12.1. The number of hydrogen-bond acceptors (Lipinski definition) is 0. The smallest absolute Gasteiger partial charge is 0.199 e. The van der Waals surface area contributed by atoms with Crippen LogP contribution >= 0.6 is 12.4 Å². The van der Waals surface area contributed by atoms with Crippen molar-refractivity contribution in [1.29, 1.82) is 0 Å². The first-order valence-corrected chi connectivity index (χ1v) is 4.59. The monoisotopic (exact) mass is 242 g/mol. The number of benzene rings is 2. The van der Waals surface area contributed by atoms with Gasteiger partial charge in [0.25, 0.3) is 0 Å². The summed E-state index contributed by atoms with van der Waals surface area (Å²) in [4.78, 5) is 0. The van der Waals surface area contributed by atoms with Gasteiger partial charge in [-0.2, -0.15) is 60.5 Å². The minimum atomic E-state index is 0. The van der Waals surface area contributed by atoms with E-state index in [2.05, 4.69) is 19.9 Å². The molecule has 2 heteroatoms. The van der Waals surface area contributed by atoms with E-state index in [4.69, 9.17) is 0 Å². The second kappa shape index (κ2) is 10.9. The van der Waals surface area contributed by atoms with E-state index in [1.54, 1.807) is 0 Å². The van der Waals surface area contributed by atoms with Crippen LogP contribution in [-0.2, 0) is 0 Å². The van der Waals surface area contributed by atoms with Crippen molar-refractivity contribution in [3.8, 4) is 0 Å². The summed E-state index contributed by atoms with van der Waals surface area (Å²) in [5.74, 6) is 0. The van der Waals surface area contributed by atoms with Gasteiger partial charge in [-0.25, -0.2) is 0 Å². The van der Waals surface area contributed by atoms with Crippen LogP contribution < -0.4 is 0 Å². The van der Waals surface area contributed by atoms with E-state index in [1.807, 2.05) is 54.6 Å². The molecule has 0 amide bonds. The van der Waals surface area contributed by atoms with E-state index in [-0.39, 0.29) is 35.5 Å². The van der Waals surface area contributed by atoms with Gasteiger partial charge in [0.05, 0.1) is 0 Å². The van der Waals surface area contributed by atoms with Gasteiger partial charge in [0.2, 0.25) is 0 Å². The molecule has 0 nitrogen and oxygen atoms in total. The third kappa shape index (κ3) is 8.66. The molecule has 0 aromatic heterocycles. The Balaban J connectivity index is 0. The molecular weight excluding hydrogens is 228 g/mol. The molecule has 0 aliphatic carbocycles. The average molecular weight is 243 g/mol. The van der Waals surface area contributed by atoms with E-state index >= 15 is 0 Å². The summed E-state index contributed by atoms with van der Waals surface area (Å²) in [6, 6.07) is 20.7. The summed E-state index contributed by atoms with van der Waals surface area (Å²) in [5, 5.41) is 0. The van der Waals surface area contributed by atoms with Gasteiger partial charge in [-0.1, -0.05) is 13.0 Å². The molecule has 0 aliphatic heterocycles. The molecule has 0 saturated carbocycles. The first-order chi connectivity index (χ1) is 6.79. The maximum atomic E-state index is 3.72. The van der Waals surface area contributed by atoms with Gasteiger partial charge in [-0.15, -0.1) is 24.5 Å². The van der Waals surface area contributed by atoms with Crippen LogP contribution in [0.2, 0.25) is 0 Å². The second-order valence-corrected chi connectivity index (χ2v) is 3.06. The SMILES string of the molecule is Cc1cc[c-]cc1.Cl.[CH2-]c1ccccc1.[Mg+2]. The van der Waals surface area contributed by atoms with E-state index in [1.165, 1.54) is 5.56 Å².